The Kier molecular flexibility index (Phi) is 10.7. The Morgan fingerprint density at radius 2 is 1.65 bits per heavy atom. The molecule has 0 aliphatic carbocycles. The molecule has 0 saturated heterocycles. The Bertz CT molecular complexity index is 437. The van der Waals surface area contributed by atoms with Gasteiger partial charge in [-0.05, 0) is 17.7 Å². The van der Waals surface area contributed by atoms with Crippen molar-refractivity contribution in [2.24, 2.45) is 0 Å². The minimum atomic E-state index is -4.31. The fraction of sp³-hybridized carbons (Fsp3) is 0.0909. The van der Waals surface area contributed by atoms with Gasteiger partial charge in [0.25, 0.3) is 0 Å². The molecule has 4 nitrogen and oxygen atoms in total. The van der Waals surface area contributed by atoms with Gasteiger partial charge in [-0.3, -0.25) is 0 Å². The predicted molar refractivity (Wildman–Crippen MR) is 61.8 cm³/mol. The summed E-state index contributed by atoms with van der Waals surface area (Å²) in [5.74, 6) is 0. The molecule has 0 aliphatic heterocycles. The van der Waals surface area contributed by atoms with Crippen LogP contribution in [0, 0.1) is 0 Å². The smallest absolute Gasteiger partial charge is 0.744 e. The van der Waals surface area contributed by atoms with E-state index in [2.05, 4.69) is 13.2 Å². The van der Waals surface area contributed by atoms with Crippen LogP contribution in [0.1, 0.15) is 5.56 Å². The van der Waals surface area contributed by atoms with E-state index in [4.69, 9.17) is 5.11 Å². The molecule has 0 aliphatic rings. The van der Waals surface area contributed by atoms with Crippen LogP contribution >= 0.6 is 0 Å². The normalized spacial score (nSPS) is 9.29. The van der Waals surface area contributed by atoms with Crippen molar-refractivity contribution in [2.75, 3.05) is 6.61 Å². The fourth-order valence-corrected chi connectivity index (χ4v) is 1.24. The Labute approximate surface area is 124 Å². The van der Waals surface area contributed by atoms with Crippen LogP contribution in [0.4, 0.5) is 0 Å². The number of rotatable bonds is 3. The summed E-state index contributed by atoms with van der Waals surface area (Å²) < 4.78 is 31.4. The second-order valence-corrected chi connectivity index (χ2v) is 4.08. The summed E-state index contributed by atoms with van der Waals surface area (Å²) in [6.45, 7) is 6.81. The molecule has 0 spiro atoms. The summed E-state index contributed by atoms with van der Waals surface area (Å²) in [7, 11) is -4.31. The first kappa shape index (κ1) is 18.9. The SMILES string of the molecule is C=CCO.C=Cc1ccc(S(=O)(=O)[O-])cc1.[Na+]. The zero-order valence-corrected chi connectivity index (χ0v) is 12.5. The van der Waals surface area contributed by atoms with E-state index in [9.17, 15) is 13.0 Å². The number of aliphatic hydroxyl groups excluding tert-OH is 1. The van der Waals surface area contributed by atoms with E-state index in [1.54, 1.807) is 6.08 Å². The quantitative estimate of drug-likeness (QED) is 0.405. The Morgan fingerprint density at radius 1 is 1.24 bits per heavy atom. The van der Waals surface area contributed by atoms with Gasteiger partial charge in [0.15, 0.2) is 0 Å². The maximum atomic E-state index is 10.5. The summed E-state index contributed by atoms with van der Waals surface area (Å²) in [5, 5.41) is 7.76. The number of hydrogen-bond acceptors (Lipinski definition) is 4. The van der Waals surface area contributed by atoms with Crippen LogP contribution in [0.2, 0.25) is 0 Å². The van der Waals surface area contributed by atoms with Crippen molar-refractivity contribution < 1.29 is 47.6 Å². The summed E-state index contributed by atoms with van der Waals surface area (Å²) in [4.78, 5) is -0.215. The zero-order valence-electron chi connectivity index (χ0n) is 9.67. The maximum absolute atomic E-state index is 10.5. The van der Waals surface area contributed by atoms with Gasteiger partial charge in [-0.15, -0.1) is 6.58 Å². The van der Waals surface area contributed by atoms with Gasteiger partial charge >= 0.3 is 29.6 Å². The molecule has 0 aromatic heterocycles. The average molecular weight is 264 g/mol. The van der Waals surface area contributed by atoms with E-state index in [1.165, 1.54) is 30.3 Å². The number of aliphatic hydroxyl groups is 1. The third-order valence-corrected chi connectivity index (χ3v) is 2.38. The first-order chi connectivity index (χ1) is 7.45. The van der Waals surface area contributed by atoms with Crippen molar-refractivity contribution in [3.63, 3.8) is 0 Å². The van der Waals surface area contributed by atoms with Crippen molar-refractivity contribution in [3.05, 3.63) is 49.1 Å². The van der Waals surface area contributed by atoms with Crippen molar-refractivity contribution in [1.29, 1.82) is 0 Å². The summed E-state index contributed by atoms with van der Waals surface area (Å²) in [6, 6.07) is 5.58. The van der Waals surface area contributed by atoms with Crippen LogP contribution < -0.4 is 29.6 Å². The first-order valence-corrected chi connectivity index (χ1v) is 5.76. The Hall–Kier alpha value is -0.430. The van der Waals surface area contributed by atoms with Crippen LogP contribution in [0.3, 0.4) is 0 Å². The zero-order chi connectivity index (χ0) is 12.6. The topological polar surface area (TPSA) is 77.4 Å². The molecule has 1 N–H and O–H groups in total. The maximum Gasteiger partial charge on any atom is 1.00 e. The standard InChI is InChI=1S/C8H8O3S.C3H6O.Na/c1-2-7-3-5-8(6-4-7)12(9,10)11;1-2-3-4;/h2-6H,1H2,(H,9,10,11);2,4H,1,3H2;/q;;+1/p-1. The molecule has 0 unspecified atom stereocenters. The summed E-state index contributed by atoms with van der Waals surface area (Å²) in [6.07, 6.45) is 3.00. The molecule has 0 saturated carbocycles. The minimum Gasteiger partial charge on any atom is -0.744 e. The van der Waals surface area contributed by atoms with Gasteiger partial charge in [0.05, 0.1) is 11.5 Å². The monoisotopic (exact) mass is 264 g/mol. The number of benzene rings is 1. The molecule has 0 atom stereocenters. The third kappa shape index (κ3) is 8.31. The second-order valence-electron chi connectivity index (χ2n) is 2.70. The van der Waals surface area contributed by atoms with E-state index in [0.29, 0.717) is 0 Å². The number of hydrogen-bond donors (Lipinski definition) is 1. The van der Waals surface area contributed by atoms with Crippen molar-refractivity contribution in [1.82, 2.24) is 0 Å². The first-order valence-electron chi connectivity index (χ1n) is 4.36. The molecule has 0 fully saturated rings. The van der Waals surface area contributed by atoms with E-state index < -0.39 is 10.1 Å². The molecule has 0 amide bonds. The third-order valence-electron chi connectivity index (χ3n) is 1.53. The fourth-order valence-electron chi connectivity index (χ4n) is 0.771. The molecule has 17 heavy (non-hydrogen) atoms. The average Bonchev–Trinajstić information content (AvgIpc) is 2.28. The van der Waals surface area contributed by atoms with Gasteiger partial charge in [0, 0.05) is 0 Å². The van der Waals surface area contributed by atoms with Crippen molar-refractivity contribution in [2.45, 2.75) is 4.90 Å². The second kappa shape index (κ2) is 9.58. The molecule has 0 heterocycles. The van der Waals surface area contributed by atoms with Crippen LogP contribution in [0.25, 0.3) is 6.08 Å². The van der Waals surface area contributed by atoms with E-state index in [1.807, 2.05) is 0 Å². The van der Waals surface area contributed by atoms with Gasteiger partial charge < -0.3 is 9.66 Å². The van der Waals surface area contributed by atoms with Crippen LogP contribution in [0.15, 0.2) is 48.4 Å². The van der Waals surface area contributed by atoms with Crippen LogP contribution in [-0.4, -0.2) is 24.7 Å². The van der Waals surface area contributed by atoms with E-state index in [0.717, 1.165) is 5.56 Å². The molecule has 1 aromatic rings. The molecular weight excluding hydrogens is 251 g/mol. The Morgan fingerprint density at radius 3 is 1.88 bits per heavy atom. The van der Waals surface area contributed by atoms with E-state index in [-0.39, 0.29) is 41.1 Å². The molecule has 1 aromatic carbocycles. The largest absolute Gasteiger partial charge is 1.00 e. The van der Waals surface area contributed by atoms with Crippen LogP contribution in [-0.2, 0) is 10.1 Å². The van der Waals surface area contributed by atoms with Gasteiger partial charge in [-0.25, -0.2) is 8.42 Å². The van der Waals surface area contributed by atoms with Crippen molar-refractivity contribution >= 4 is 16.2 Å². The summed E-state index contributed by atoms with van der Waals surface area (Å²) in [5.41, 5.74) is 0.780. The molecular formula is C11H13NaO4S. The molecule has 0 radical (unpaired) electrons. The summed E-state index contributed by atoms with van der Waals surface area (Å²) >= 11 is 0. The van der Waals surface area contributed by atoms with Crippen molar-refractivity contribution in [3.8, 4) is 0 Å². The van der Waals surface area contributed by atoms with Gasteiger partial charge in [0.2, 0.25) is 0 Å². The molecule has 6 heteroatoms. The predicted octanol–water partition coefficient (Wildman–Crippen LogP) is -1.60. The van der Waals surface area contributed by atoms with E-state index >= 15 is 0 Å². The van der Waals surface area contributed by atoms with Gasteiger partial charge in [0.1, 0.15) is 10.1 Å². The van der Waals surface area contributed by atoms with Crippen LogP contribution in [0.5, 0.6) is 0 Å². The molecule has 88 valence electrons. The Balaban J connectivity index is 0. The minimum absolute atomic E-state index is 0. The molecule has 0 bridgehead atoms. The van der Waals surface area contributed by atoms with Gasteiger partial charge in [-0.2, -0.15) is 0 Å². The molecule has 1 rings (SSSR count). The van der Waals surface area contributed by atoms with Gasteiger partial charge in [-0.1, -0.05) is 30.9 Å².